The molecule has 1 unspecified atom stereocenters. The number of nitrogens with one attached hydrogen (secondary N) is 1. The number of halogens is 1. The predicted octanol–water partition coefficient (Wildman–Crippen LogP) is 1.93. The smallest absolute Gasteiger partial charge is 0.405 e. The normalized spacial score (nSPS) is 13.4. The minimum absolute atomic E-state index is 0.0440. The molecule has 0 rings (SSSR count). The van der Waals surface area contributed by atoms with E-state index >= 15 is 0 Å². The zero-order chi connectivity index (χ0) is 13.3. The van der Waals surface area contributed by atoms with Crippen molar-refractivity contribution in [3.8, 4) is 0 Å². The van der Waals surface area contributed by atoms with E-state index in [-0.39, 0.29) is 26.4 Å². The maximum atomic E-state index is 11.9. The Labute approximate surface area is 107 Å². The van der Waals surface area contributed by atoms with Gasteiger partial charge in [0.1, 0.15) is 5.38 Å². The van der Waals surface area contributed by atoms with Crippen molar-refractivity contribution in [2.45, 2.75) is 26.1 Å². The molecule has 0 aliphatic carbocycles. The highest BCUT2D eigenvalue weighted by molar-refractivity contribution is 7.51. The topological polar surface area (TPSA) is 73.9 Å². The number of carbonyl (C=O) groups excluding carboxylic acids is 1. The van der Waals surface area contributed by atoms with Gasteiger partial charge in [0.2, 0.25) is 0 Å². The van der Waals surface area contributed by atoms with Gasteiger partial charge in [0.25, 0.3) is 0 Å². The molecule has 1 atom stereocenters. The van der Waals surface area contributed by atoms with Gasteiger partial charge >= 0.3 is 13.7 Å². The fraction of sp³-hybridized carbons (Fsp3) is 0.889. The largest absolute Gasteiger partial charge is 0.465 e. The zero-order valence-corrected chi connectivity index (χ0v) is 11.9. The first-order valence-electron chi connectivity index (χ1n) is 5.44. The molecule has 0 aliphatic heterocycles. The second kappa shape index (κ2) is 8.89. The van der Waals surface area contributed by atoms with Crippen LogP contribution in [0.25, 0.3) is 0 Å². The quantitative estimate of drug-likeness (QED) is 0.397. The molecule has 8 heteroatoms. The van der Waals surface area contributed by atoms with Crippen molar-refractivity contribution in [2.75, 3.05) is 26.4 Å². The number of rotatable bonds is 9. The SMILES string of the molecule is CCOC(=O)C(Cl)CNP(=O)(OCC)OCC. The van der Waals surface area contributed by atoms with Crippen LogP contribution in [0.4, 0.5) is 0 Å². The molecule has 0 aliphatic rings. The number of hydrogen-bond acceptors (Lipinski definition) is 5. The zero-order valence-electron chi connectivity index (χ0n) is 10.3. The number of hydrogen-bond donors (Lipinski definition) is 1. The molecule has 0 radical (unpaired) electrons. The molecule has 0 fully saturated rings. The molecule has 0 spiro atoms. The number of alkyl halides is 1. The van der Waals surface area contributed by atoms with E-state index in [0.29, 0.717) is 0 Å². The Balaban J connectivity index is 4.21. The first-order valence-corrected chi connectivity index (χ1v) is 7.41. The van der Waals surface area contributed by atoms with E-state index in [1.165, 1.54) is 0 Å². The van der Waals surface area contributed by atoms with Crippen LogP contribution in [0.15, 0.2) is 0 Å². The molecule has 1 N–H and O–H groups in total. The Bertz CT molecular complexity index is 266. The third kappa shape index (κ3) is 7.01. The van der Waals surface area contributed by atoms with Crippen molar-refractivity contribution < 1.29 is 23.1 Å². The number of esters is 1. The molecule has 0 heterocycles. The average molecular weight is 288 g/mol. The highest BCUT2D eigenvalue weighted by Gasteiger charge is 2.26. The second-order valence-corrected chi connectivity index (χ2v) is 5.27. The molecule has 0 aromatic heterocycles. The summed E-state index contributed by atoms with van der Waals surface area (Å²) in [7, 11) is -3.37. The molecule has 102 valence electrons. The summed E-state index contributed by atoms with van der Waals surface area (Å²) in [5, 5.41) is 1.59. The van der Waals surface area contributed by atoms with Crippen LogP contribution in [-0.2, 0) is 23.1 Å². The van der Waals surface area contributed by atoms with Gasteiger partial charge in [0, 0.05) is 6.54 Å². The van der Waals surface area contributed by atoms with E-state index in [9.17, 15) is 9.36 Å². The van der Waals surface area contributed by atoms with Crippen molar-refractivity contribution in [2.24, 2.45) is 0 Å². The maximum Gasteiger partial charge on any atom is 0.405 e. The van der Waals surface area contributed by atoms with Crippen molar-refractivity contribution in [3.05, 3.63) is 0 Å². The van der Waals surface area contributed by atoms with Crippen molar-refractivity contribution in [1.82, 2.24) is 5.09 Å². The molecule has 6 nitrogen and oxygen atoms in total. The molecular formula is C9H19ClNO5P. The van der Waals surface area contributed by atoms with Gasteiger partial charge in [-0.3, -0.25) is 13.8 Å². The monoisotopic (exact) mass is 287 g/mol. The molecule has 0 saturated carbocycles. The van der Waals surface area contributed by atoms with Crippen LogP contribution in [0, 0.1) is 0 Å². The maximum absolute atomic E-state index is 11.9. The molecule has 17 heavy (non-hydrogen) atoms. The molecule has 0 amide bonds. The number of carbonyl (C=O) groups is 1. The summed E-state index contributed by atoms with van der Waals surface area (Å²) in [6, 6.07) is 0. The Kier molecular flexibility index (Phi) is 8.82. The number of ether oxygens (including phenoxy) is 1. The van der Waals surface area contributed by atoms with E-state index in [2.05, 4.69) is 5.09 Å². The minimum Gasteiger partial charge on any atom is -0.465 e. The molecule has 0 aromatic carbocycles. The van der Waals surface area contributed by atoms with Gasteiger partial charge in [-0.25, -0.2) is 9.65 Å². The van der Waals surface area contributed by atoms with Crippen LogP contribution in [0.1, 0.15) is 20.8 Å². The molecule has 0 aromatic rings. The van der Waals surface area contributed by atoms with Gasteiger partial charge in [0.15, 0.2) is 0 Å². The van der Waals surface area contributed by atoms with E-state index in [1.54, 1.807) is 20.8 Å². The standard InChI is InChI=1S/C9H19ClNO5P/c1-4-14-9(12)8(10)7-11-17(13,15-5-2)16-6-3/h8H,4-7H2,1-3H3,(H,11,13). The lowest BCUT2D eigenvalue weighted by Crippen LogP contribution is -2.30. The first kappa shape index (κ1) is 16.9. The summed E-state index contributed by atoms with van der Waals surface area (Å²) < 4.78 is 26.6. The summed E-state index contributed by atoms with van der Waals surface area (Å²) >= 11 is 5.75. The van der Waals surface area contributed by atoms with Gasteiger partial charge in [-0.1, -0.05) is 0 Å². The van der Waals surface area contributed by atoms with E-state index in [4.69, 9.17) is 25.4 Å². The van der Waals surface area contributed by atoms with Gasteiger partial charge in [-0.2, -0.15) is 0 Å². The first-order chi connectivity index (χ1) is 7.99. The second-order valence-electron chi connectivity index (χ2n) is 2.91. The highest BCUT2D eigenvalue weighted by Crippen LogP contribution is 2.43. The third-order valence-electron chi connectivity index (χ3n) is 1.60. The highest BCUT2D eigenvalue weighted by atomic mass is 35.5. The van der Waals surface area contributed by atoms with Crippen LogP contribution in [-0.4, -0.2) is 37.7 Å². The van der Waals surface area contributed by atoms with E-state index in [0.717, 1.165) is 0 Å². The van der Waals surface area contributed by atoms with Crippen molar-refractivity contribution in [1.29, 1.82) is 0 Å². The summed E-state index contributed by atoms with van der Waals surface area (Å²) in [5.74, 6) is -0.568. The van der Waals surface area contributed by atoms with E-state index in [1.807, 2.05) is 0 Å². The lowest BCUT2D eigenvalue weighted by Gasteiger charge is -2.18. The average Bonchev–Trinajstić information content (AvgIpc) is 2.27. The Morgan fingerprint density at radius 1 is 1.24 bits per heavy atom. The van der Waals surface area contributed by atoms with Gasteiger partial charge in [0.05, 0.1) is 19.8 Å². The Hall–Kier alpha value is -0.130. The Morgan fingerprint density at radius 3 is 2.18 bits per heavy atom. The van der Waals surface area contributed by atoms with Crippen molar-refractivity contribution in [3.63, 3.8) is 0 Å². The molecular weight excluding hydrogens is 269 g/mol. The van der Waals surface area contributed by atoms with Gasteiger partial charge in [-0.15, -0.1) is 11.6 Å². The van der Waals surface area contributed by atoms with Crippen LogP contribution >= 0.6 is 19.3 Å². The summed E-state index contributed by atoms with van der Waals surface area (Å²) in [6.07, 6.45) is 0. The van der Waals surface area contributed by atoms with Gasteiger partial charge in [-0.05, 0) is 20.8 Å². The molecule has 0 bridgehead atoms. The van der Waals surface area contributed by atoms with E-state index < -0.39 is 19.1 Å². The summed E-state index contributed by atoms with van der Waals surface area (Å²) in [5.41, 5.74) is 0. The Morgan fingerprint density at radius 2 is 1.76 bits per heavy atom. The lowest BCUT2D eigenvalue weighted by atomic mass is 10.4. The van der Waals surface area contributed by atoms with Crippen LogP contribution in [0.2, 0.25) is 0 Å². The molecule has 0 saturated heterocycles. The van der Waals surface area contributed by atoms with Crippen LogP contribution in [0.5, 0.6) is 0 Å². The minimum atomic E-state index is -3.37. The van der Waals surface area contributed by atoms with Gasteiger partial charge < -0.3 is 4.74 Å². The predicted molar refractivity (Wildman–Crippen MR) is 65.1 cm³/mol. The fourth-order valence-electron chi connectivity index (χ4n) is 0.976. The van der Waals surface area contributed by atoms with Crippen molar-refractivity contribution >= 4 is 25.3 Å². The lowest BCUT2D eigenvalue weighted by molar-refractivity contribution is -0.142. The fourth-order valence-corrected chi connectivity index (χ4v) is 2.57. The summed E-state index contributed by atoms with van der Waals surface area (Å²) in [6.45, 7) is 5.73. The van der Waals surface area contributed by atoms with Crippen LogP contribution < -0.4 is 5.09 Å². The third-order valence-corrected chi connectivity index (χ3v) is 3.70. The summed E-state index contributed by atoms with van der Waals surface area (Å²) in [4.78, 5) is 11.2. The van der Waals surface area contributed by atoms with Crippen LogP contribution in [0.3, 0.4) is 0 Å².